The van der Waals surface area contributed by atoms with Gasteiger partial charge in [0.25, 0.3) is 6.23 Å². The van der Waals surface area contributed by atoms with E-state index in [9.17, 15) is 14.8 Å². The number of aliphatic hydroxyl groups is 2. The predicted molar refractivity (Wildman–Crippen MR) is 60.6 cm³/mol. The fourth-order valence-electron chi connectivity index (χ4n) is 1.87. The number of aromatic nitrogens is 1. The molecule has 1 aliphatic rings. The van der Waals surface area contributed by atoms with Gasteiger partial charge in [0, 0.05) is 12.1 Å². The molecule has 19 heavy (non-hydrogen) atoms. The van der Waals surface area contributed by atoms with E-state index in [1.165, 1.54) is 0 Å². The lowest BCUT2D eigenvalue weighted by Gasteiger charge is -2.13. The average Bonchev–Trinajstić information content (AvgIpc) is 2.64. The summed E-state index contributed by atoms with van der Waals surface area (Å²) in [4.78, 5) is 17.2. The van der Waals surface area contributed by atoms with Crippen molar-refractivity contribution in [3.05, 3.63) is 30.6 Å². The number of pyridine rings is 1. The van der Waals surface area contributed by atoms with Crippen LogP contribution in [0.3, 0.4) is 0 Å². The van der Waals surface area contributed by atoms with E-state index in [0.717, 1.165) is 0 Å². The largest absolute Gasteiger partial charge is 0.469 e. The molecule has 9 heteroatoms. The molecule has 106 valence electrons. The fraction of sp³-hybridized carbons (Fsp3) is 0.500. The van der Waals surface area contributed by atoms with Crippen LogP contribution in [0, 0.1) is 0 Å². The van der Waals surface area contributed by atoms with Crippen molar-refractivity contribution in [1.29, 1.82) is 0 Å². The van der Waals surface area contributed by atoms with Gasteiger partial charge in [0.15, 0.2) is 18.5 Å². The summed E-state index contributed by atoms with van der Waals surface area (Å²) in [5, 5.41) is 19.6. The van der Waals surface area contributed by atoms with Crippen LogP contribution in [0.15, 0.2) is 30.6 Å². The van der Waals surface area contributed by atoms with E-state index in [0.29, 0.717) is 0 Å². The maximum absolute atomic E-state index is 10.6. The quantitative estimate of drug-likeness (QED) is 0.402. The van der Waals surface area contributed by atoms with Crippen molar-refractivity contribution >= 4 is 7.82 Å². The first kappa shape index (κ1) is 14.5. The molecule has 4 atom stereocenters. The number of phosphoric acid groups is 1. The maximum Gasteiger partial charge on any atom is 0.469 e. The zero-order valence-electron chi connectivity index (χ0n) is 9.81. The van der Waals surface area contributed by atoms with Gasteiger partial charge in [-0.05, 0) is 0 Å². The highest BCUT2D eigenvalue weighted by molar-refractivity contribution is 7.46. The molecule has 4 N–H and O–H groups in total. The summed E-state index contributed by atoms with van der Waals surface area (Å²) in [6.07, 6.45) is -1.05. The van der Waals surface area contributed by atoms with Crippen LogP contribution in [0.4, 0.5) is 0 Å². The lowest BCUT2D eigenvalue weighted by Crippen LogP contribution is -2.45. The minimum absolute atomic E-state index is 0.508. The van der Waals surface area contributed by atoms with E-state index < -0.39 is 39.0 Å². The van der Waals surface area contributed by atoms with Gasteiger partial charge in [0.1, 0.15) is 12.2 Å². The average molecular weight is 292 g/mol. The topological polar surface area (TPSA) is 120 Å². The molecule has 1 aromatic heterocycles. The molecule has 0 bridgehead atoms. The molecular weight excluding hydrogens is 277 g/mol. The molecule has 1 aromatic rings. The molecule has 0 spiro atoms. The second-order valence-corrected chi connectivity index (χ2v) is 5.39. The van der Waals surface area contributed by atoms with Gasteiger partial charge in [0.05, 0.1) is 6.61 Å². The summed E-state index contributed by atoms with van der Waals surface area (Å²) in [5.74, 6) is 0. The number of nitrogens with zero attached hydrogens (tertiary/aromatic N) is 1. The van der Waals surface area contributed by atoms with E-state index >= 15 is 0 Å². The van der Waals surface area contributed by atoms with Crippen molar-refractivity contribution in [2.24, 2.45) is 0 Å². The fourth-order valence-corrected chi connectivity index (χ4v) is 2.21. The van der Waals surface area contributed by atoms with Crippen molar-refractivity contribution in [2.75, 3.05) is 6.61 Å². The Morgan fingerprint density at radius 2 is 1.79 bits per heavy atom. The molecule has 1 aliphatic heterocycles. The molecule has 8 nitrogen and oxygen atoms in total. The normalized spacial score (nSPS) is 31.6. The number of aliphatic hydroxyl groups excluding tert-OH is 2. The molecule has 1 saturated heterocycles. The lowest BCUT2D eigenvalue weighted by atomic mass is 10.1. The third-order valence-corrected chi connectivity index (χ3v) is 3.26. The minimum Gasteiger partial charge on any atom is -0.387 e. The summed E-state index contributed by atoms with van der Waals surface area (Å²) in [5.41, 5.74) is 0. The van der Waals surface area contributed by atoms with Crippen LogP contribution in [-0.4, -0.2) is 44.9 Å². The second-order valence-electron chi connectivity index (χ2n) is 4.16. The Balaban J connectivity index is 2.04. The number of rotatable bonds is 4. The highest BCUT2D eigenvalue weighted by Gasteiger charge is 2.48. The van der Waals surface area contributed by atoms with E-state index in [2.05, 4.69) is 4.52 Å². The third kappa shape index (κ3) is 3.58. The SMILES string of the molecule is O=P(O)(O)OC[C@H]1O[C@@H]([n+]2ccccc2)[C@H](O)[C@@H]1O. The monoisotopic (exact) mass is 292 g/mol. The highest BCUT2D eigenvalue weighted by atomic mass is 31.2. The van der Waals surface area contributed by atoms with Crippen molar-refractivity contribution in [1.82, 2.24) is 0 Å². The summed E-state index contributed by atoms with van der Waals surface area (Å²) in [7, 11) is -4.64. The van der Waals surface area contributed by atoms with Gasteiger partial charge in [-0.15, -0.1) is 0 Å². The Kier molecular flexibility index (Phi) is 4.32. The van der Waals surface area contributed by atoms with Crippen LogP contribution < -0.4 is 4.57 Å². The van der Waals surface area contributed by atoms with Crippen molar-refractivity contribution in [2.45, 2.75) is 24.5 Å². The van der Waals surface area contributed by atoms with Gasteiger partial charge in [-0.1, -0.05) is 6.07 Å². The first-order valence-corrected chi connectivity index (χ1v) is 7.09. The van der Waals surface area contributed by atoms with Crippen LogP contribution in [0.25, 0.3) is 0 Å². The molecule has 0 saturated carbocycles. The van der Waals surface area contributed by atoms with E-state index in [1.54, 1.807) is 35.2 Å². The summed E-state index contributed by atoms with van der Waals surface area (Å²) >= 11 is 0. The molecule has 0 aromatic carbocycles. The van der Waals surface area contributed by atoms with Crippen molar-refractivity contribution < 1.29 is 38.4 Å². The Morgan fingerprint density at radius 3 is 2.37 bits per heavy atom. The first-order valence-electron chi connectivity index (χ1n) is 5.56. The van der Waals surface area contributed by atoms with Crippen LogP contribution >= 0.6 is 7.82 Å². The Morgan fingerprint density at radius 1 is 1.16 bits per heavy atom. The number of hydrogen-bond acceptors (Lipinski definition) is 5. The molecular formula is C10H15NO7P+. The molecule has 0 amide bonds. The Labute approximate surface area is 109 Å². The van der Waals surface area contributed by atoms with Gasteiger partial charge in [-0.3, -0.25) is 4.52 Å². The summed E-state index contributed by atoms with van der Waals surface area (Å²) < 4.78 is 21.8. The first-order chi connectivity index (χ1) is 8.88. The van der Waals surface area contributed by atoms with Gasteiger partial charge in [0.2, 0.25) is 0 Å². The van der Waals surface area contributed by atoms with E-state index in [1.807, 2.05) is 0 Å². The third-order valence-electron chi connectivity index (χ3n) is 2.78. The number of hydrogen-bond donors (Lipinski definition) is 4. The highest BCUT2D eigenvalue weighted by Crippen LogP contribution is 2.37. The maximum atomic E-state index is 10.6. The molecule has 0 unspecified atom stereocenters. The van der Waals surface area contributed by atoms with E-state index in [-0.39, 0.29) is 0 Å². The number of phosphoric ester groups is 1. The molecule has 2 heterocycles. The molecule has 0 radical (unpaired) electrons. The van der Waals surface area contributed by atoms with Crippen LogP contribution in [0.5, 0.6) is 0 Å². The molecule has 2 rings (SSSR count). The van der Waals surface area contributed by atoms with Crippen LogP contribution in [0.1, 0.15) is 6.23 Å². The number of ether oxygens (including phenoxy) is 1. The lowest BCUT2D eigenvalue weighted by molar-refractivity contribution is -0.765. The molecule has 0 aliphatic carbocycles. The summed E-state index contributed by atoms with van der Waals surface area (Å²) in [6.45, 7) is -0.508. The smallest absolute Gasteiger partial charge is 0.387 e. The van der Waals surface area contributed by atoms with Gasteiger partial charge in [-0.2, -0.15) is 4.57 Å². The predicted octanol–water partition coefficient (Wildman–Crippen LogP) is -1.30. The van der Waals surface area contributed by atoms with Gasteiger partial charge >= 0.3 is 7.82 Å². The Bertz CT molecular complexity index is 464. The van der Waals surface area contributed by atoms with E-state index in [4.69, 9.17) is 14.5 Å². The van der Waals surface area contributed by atoms with Gasteiger partial charge in [-0.25, -0.2) is 4.57 Å². The summed E-state index contributed by atoms with van der Waals surface area (Å²) in [6, 6.07) is 5.23. The Hall–Kier alpha value is -0.860. The molecule has 1 fully saturated rings. The van der Waals surface area contributed by atoms with Crippen molar-refractivity contribution in [3.8, 4) is 0 Å². The van der Waals surface area contributed by atoms with Crippen LogP contribution in [-0.2, 0) is 13.8 Å². The van der Waals surface area contributed by atoms with Crippen molar-refractivity contribution in [3.63, 3.8) is 0 Å². The standard InChI is InChI=1S/C10H14NO7P/c12-8-7(6-17-19(14,15)16)18-10(9(8)13)11-4-2-1-3-5-11/h1-5,7-10,12-13H,6H2,(H-,14,15,16)/p+1/t7-,8-,9-,10-/m1/s1. The zero-order valence-corrected chi connectivity index (χ0v) is 10.7. The van der Waals surface area contributed by atoms with Gasteiger partial charge < -0.3 is 24.7 Å². The van der Waals surface area contributed by atoms with Crippen LogP contribution in [0.2, 0.25) is 0 Å². The zero-order chi connectivity index (χ0) is 14.0. The minimum atomic E-state index is -4.64. The second kappa shape index (κ2) is 5.64.